The highest BCUT2D eigenvalue weighted by molar-refractivity contribution is 8.01. The van der Waals surface area contributed by atoms with Gasteiger partial charge in [-0.1, -0.05) is 57.5 Å². The number of anilines is 2. The van der Waals surface area contributed by atoms with Crippen molar-refractivity contribution in [3.8, 4) is 6.07 Å². The number of Topliss-reactive ketones (excluding diaryl/α,β-unsaturated/α-hetero) is 1. The van der Waals surface area contributed by atoms with Crippen molar-refractivity contribution in [2.45, 2.75) is 36.4 Å². The van der Waals surface area contributed by atoms with Crippen LogP contribution in [-0.4, -0.2) is 32.8 Å². The number of aryl methyl sites for hydroxylation is 1. The van der Waals surface area contributed by atoms with Crippen molar-refractivity contribution >= 4 is 68.9 Å². The standard InChI is InChI=1S/C24H19Cl2N7O3S2/c1-11-7-18(32-36-11)29-19(35)10-37-24-31-30-23(38-24)33-16-3-2-4-17(34)21(16)20(13(9-27)22(33)28)12-5-6-14(25)15(26)8-12/h5-8,20H,2-4,10,28H2,1H3,(H,29,32,35). The molecule has 1 unspecified atom stereocenters. The van der Waals surface area contributed by atoms with Crippen molar-refractivity contribution in [1.29, 1.82) is 5.26 Å². The minimum atomic E-state index is -0.667. The molecule has 1 aliphatic carbocycles. The zero-order valence-corrected chi connectivity index (χ0v) is 23.0. The fraction of sp³-hybridized carbons (Fsp3) is 0.250. The molecular formula is C24H19Cl2N7O3S2. The van der Waals surface area contributed by atoms with Gasteiger partial charge in [0.2, 0.25) is 11.0 Å². The number of ketones is 1. The van der Waals surface area contributed by atoms with E-state index < -0.39 is 5.92 Å². The quantitative estimate of drug-likeness (QED) is 0.369. The molecule has 1 aromatic carbocycles. The van der Waals surface area contributed by atoms with E-state index in [1.165, 1.54) is 23.1 Å². The largest absolute Gasteiger partial charge is 0.384 e. The zero-order valence-electron chi connectivity index (χ0n) is 19.8. The number of hydrogen-bond donors (Lipinski definition) is 2. The van der Waals surface area contributed by atoms with Crippen LogP contribution in [0.15, 0.2) is 55.8 Å². The van der Waals surface area contributed by atoms with Gasteiger partial charge < -0.3 is 15.6 Å². The number of allylic oxidation sites excluding steroid dienone is 3. The Morgan fingerprint density at radius 3 is 2.84 bits per heavy atom. The Morgan fingerprint density at radius 1 is 1.32 bits per heavy atom. The second-order valence-electron chi connectivity index (χ2n) is 8.50. The first kappa shape index (κ1) is 26.2. The maximum atomic E-state index is 13.2. The highest BCUT2D eigenvalue weighted by Gasteiger charge is 2.41. The molecule has 3 aromatic rings. The number of carbonyl (C=O) groups is 2. The van der Waals surface area contributed by atoms with E-state index >= 15 is 0 Å². The number of rotatable bonds is 6. The lowest BCUT2D eigenvalue weighted by atomic mass is 9.76. The molecule has 0 fully saturated rings. The Kier molecular flexibility index (Phi) is 7.45. The van der Waals surface area contributed by atoms with Crippen molar-refractivity contribution < 1.29 is 14.1 Å². The summed E-state index contributed by atoms with van der Waals surface area (Å²) in [6.45, 7) is 1.73. The summed E-state index contributed by atoms with van der Waals surface area (Å²) in [6.07, 6.45) is 1.57. The molecule has 0 saturated heterocycles. The molecular weight excluding hydrogens is 569 g/mol. The van der Waals surface area contributed by atoms with E-state index in [9.17, 15) is 14.9 Å². The van der Waals surface area contributed by atoms with E-state index in [2.05, 4.69) is 26.7 Å². The number of nitrogens with zero attached hydrogens (tertiary/aromatic N) is 5. The van der Waals surface area contributed by atoms with Gasteiger partial charge >= 0.3 is 0 Å². The van der Waals surface area contributed by atoms with Crippen molar-refractivity contribution in [3.05, 3.63) is 68.3 Å². The van der Waals surface area contributed by atoms with Gasteiger partial charge in [0.05, 0.1) is 33.4 Å². The molecule has 14 heteroatoms. The molecule has 3 heterocycles. The average Bonchev–Trinajstić information content (AvgIpc) is 3.52. The Morgan fingerprint density at radius 2 is 2.13 bits per heavy atom. The number of aromatic nitrogens is 3. The maximum Gasteiger partial charge on any atom is 0.236 e. The number of nitrogens with one attached hydrogen (secondary N) is 1. The fourth-order valence-electron chi connectivity index (χ4n) is 4.41. The summed E-state index contributed by atoms with van der Waals surface area (Å²) < 4.78 is 5.47. The van der Waals surface area contributed by atoms with Gasteiger partial charge in [-0.15, -0.1) is 10.2 Å². The topological polar surface area (TPSA) is 151 Å². The number of carbonyl (C=O) groups excluding carboxylic acids is 2. The van der Waals surface area contributed by atoms with E-state index in [0.29, 0.717) is 67.2 Å². The predicted octanol–water partition coefficient (Wildman–Crippen LogP) is 5.18. The van der Waals surface area contributed by atoms with Crippen LogP contribution in [-0.2, 0) is 9.59 Å². The summed E-state index contributed by atoms with van der Waals surface area (Å²) >= 11 is 14.8. The van der Waals surface area contributed by atoms with Crippen molar-refractivity contribution in [1.82, 2.24) is 15.4 Å². The lowest BCUT2D eigenvalue weighted by Gasteiger charge is -2.38. The number of benzene rings is 1. The molecule has 3 N–H and O–H groups in total. The summed E-state index contributed by atoms with van der Waals surface area (Å²) in [5.41, 5.74) is 8.61. The van der Waals surface area contributed by atoms with Crippen LogP contribution in [0, 0.1) is 18.3 Å². The normalized spacial score (nSPS) is 17.5. The molecule has 10 nitrogen and oxygen atoms in total. The molecule has 0 spiro atoms. The summed E-state index contributed by atoms with van der Waals surface area (Å²) in [7, 11) is 0. The van der Waals surface area contributed by atoms with Crippen molar-refractivity contribution in [2.75, 3.05) is 16.0 Å². The SMILES string of the molecule is Cc1cc(NC(=O)CSc2nnc(N3C(N)=C(C#N)C(c4ccc(Cl)c(Cl)c4)C4=C3CCCC4=O)s2)no1. The highest BCUT2D eigenvalue weighted by atomic mass is 35.5. The van der Waals surface area contributed by atoms with Gasteiger partial charge in [0.15, 0.2) is 15.9 Å². The van der Waals surface area contributed by atoms with E-state index in [4.69, 9.17) is 33.5 Å². The van der Waals surface area contributed by atoms with Crippen LogP contribution in [0.2, 0.25) is 10.0 Å². The molecule has 194 valence electrons. The molecule has 0 bridgehead atoms. The Bertz CT molecular complexity index is 1560. The number of nitriles is 1. The third-order valence-electron chi connectivity index (χ3n) is 6.00. The number of nitrogens with two attached hydrogens (primary N) is 1. The molecule has 38 heavy (non-hydrogen) atoms. The monoisotopic (exact) mass is 587 g/mol. The average molecular weight is 589 g/mol. The maximum absolute atomic E-state index is 13.2. The van der Waals surface area contributed by atoms with Gasteiger partial charge in [-0.2, -0.15) is 5.26 Å². The van der Waals surface area contributed by atoms with Crippen LogP contribution in [0.3, 0.4) is 0 Å². The number of halogens is 2. The summed E-state index contributed by atoms with van der Waals surface area (Å²) in [5, 5.41) is 26.1. The molecule has 5 rings (SSSR count). The molecule has 0 saturated carbocycles. The molecule has 2 aromatic heterocycles. The predicted molar refractivity (Wildman–Crippen MR) is 145 cm³/mol. The third-order valence-corrected chi connectivity index (χ3v) is 8.78. The number of thioether (sulfide) groups is 1. The van der Waals surface area contributed by atoms with E-state index in [0.717, 1.165) is 0 Å². The minimum Gasteiger partial charge on any atom is -0.384 e. The van der Waals surface area contributed by atoms with Crippen LogP contribution in [0.5, 0.6) is 0 Å². The number of amides is 1. The lowest BCUT2D eigenvalue weighted by Crippen LogP contribution is -2.38. The zero-order chi connectivity index (χ0) is 27.0. The van der Waals surface area contributed by atoms with Crippen molar-refractivity contribution in [3.63, 3.8) is 0 Å². The molecule has 1 atom stereocenters. The molecule has 1 aliphatic heterocycles. The van der Waals surface area contributed by atoms with Crippen LogP contribution < -0.4 is 16.0 Å². The first-order valence-corrected chi connectivity index (χ1v) is 13.9. The minimum absolute atomic E-state index is 0.0635. The Labute approximate surface area is 235 Å². The van der Waals surface area contributed by atoms with Crippen LogP contribution in [0.4, 0.5) is 10.9 Å². The Balaban J connectivity index is 1.45. The second-order valence-corrected chi connectivity index (χ2v) is 11.5. The van der Waals surface area contributed by atoms with Gasteiger partial charge in [-0.05, 0) is 37.5 Å². The second kappa shape index (κ2) is 10.8. The summed E-state index contributed by atoms with van der Waals surface area (Å²) in [4.78, 5) is 27.2. The first-order valence-electron chi connectivity index (χ1n) is 11.4. The van der Waals surface area contributed by atoms with Gasteiger partial charge in [-0.25, -0.2) is 0 Å². The van der Waals surface area contributed by atoms with Crippen molar-refractivity contribution in [2.24, 2.45) is 5.73 Å². The summed E-state index contributed by atoms with van der Waals surface area (Å²) in [5.74, 6) is 0.147. The van der Waals surface area contributed by atoms with Gasteiger partial charge in [0, 0.05) is 23.8 Å². The molecule has 1 amide bonds. The smallest absolute Gasteiger partial charge is 0.236 e. The molecule has 2 aliphatic rings. The van der Waals surface area contributed by atoms with E-state index in [1.807, 2.05) is 0 Å². The van der Waals surface area contributed by atoms with Gasteiger partial charge in [-0.3, -0.25) is 14.5 Å². The molecule has 0 radical (unpaired) electrons. The highest BCUT2D eigenvalue weighted by Crippen LogP contribution is 2.47. The van der Waals surface area contributed by atoms with Gasteiger partial charge in [0.1, 0.15) is 11.6 Å². The van der Waals surface area contributed by atoms with Crippen LogP contribution >= 0.6 is 46.3 Å². The number of hydrogen-bond acceptors (Lipinski definition) is 11. The first-order chi connectivity index (χ1) is 18.3. The summed E-state index contributed by atoms with van der Waals surface area (Å²) in [6, 6.07) is 8.86. The van der Waals surface area contributed by atoms with Crippen LogP contribution in [0.25, 0.3) is 0 Å². The third kappa shape index (κ3) is 5.02. The lowest BCUT2D eigenvalue weighted by molar-refractivity contribution is -0.116. The van der Waals surface area contributed by atoms with Crippen LogP contribution in [0.1, 0.15) is 36.5 Å². The van der Waals surface area contributed by atoms with E-state index in [-0.39, 0.29) is 28.8 Å². The van der Waals surface area contributed by atoms with E-state index in [1.54, 1.807) is 36.1 Å². The Hall–Kier alpha value is -3.37. The fourth-order valence-corrected chi connectivity index (χ4v) is 6.40. The van der Waals surface area contributed by atoms with Gasteiger partial charge in [0.25, 0.3) is 0 Å².